The van der Waals surface area contributed by atoms with Gasteiger partial charge in [-0.2, -0.15) is 0 Å². The molecule has 3 unspecified atom stereocenters. The van der Waals surface area contributed by atoms with Crippen LogP contribution in [0.1, 0.15) is 52.4 Å². The van der Waals surface area contributed by atoms with E-state index in [2.05, 4.69) is 25.3 Å². The smallest absolute Gasteiger partial charge is 0.000967 e. The summed E-state index contributed by atoms with van der Waals surface area (Å²) in [7, 11) is 0. The van der Waals surface area contributed by atoms with Crippen LogP contribution in [-0.4, -0.2) is 24.5 Å². The van der Waals surface area contributed by atoms with Crippen molar-refractivity contribution in [3.05, 3.63) is 12.2 Å². The predicted octanol–water partition coefficient (Wildman–Crippen LogP) is 4.10. The quantitative estimate of drug-likeness (QED) is 0.663. The molecule has 0 aromatic rings. The lowest BCUT2D eigenvalue weighted by Crippen LogP contribution is -2.31. The maximum atomic E-state index is 4.17. The Balaban J connectivity index is 1.81. The number of likely N-dealkylation sites (tertiary alicyclic amines) is 1. The van der Waals surface area contributed by atoms with E-state index < -0.39 is 0 Å². The fraction of sp³-hybridized carbons (Fsp3) is 0.875. The zero-order valence-corrected chi connectivity index (χ0v) is 11.8. The van der Waals surface area contributed by atoms with Crippen LogP contribution >= 0.6 is 0 Å². The van der Waals surface area contributed by atoms with E-state index in [1.165, 1.54) is 63.7 Å². The van der Waals surface area contributed by atoms with Crippen molar-refractivity contribution in [3.63, 3.8) is 0 Å². The van der Waals surface area contributed by atoms with E-state index >= 15 is 0 Å². The molecule has 0 aromatic heterocycles. The molecule has 0 amide bonds. The van der Waals surface area contributed by atoms with Gasteiger partial charge in [0.25, 0.3) is 0 Å². The van der Waals surface area contributed by atoms with Crippen LogP contribution in [0.5, 0.6) is 0 Å². The summed E-state index contributed by atoms with van der Waals surface area (Å²) < 4.78 is 0. The minimum Gasteiger partial charge on any atom is -0.303 e. The second kappa shape index (κ2) is 6.04. The van der Waals surface area contributed by atoms with Crippen molar-refractivity contribution in [1.82, 2.24) is 4.90 Å². The molecule has 1 heterocycles. The van der Waals surface area contributed by atoms with Crippen LogP contribution in [0.25, 0.3) is 0 Å². The molecule has 1 aliphatic carbocycles. The summed E-state index contributed by atoms with van der Waals surface area (Å²) in [6.45, 7) is 12.9. The molecule has 0 radical (unpaired) electrons. The van der Waals surface area contributed by atoms with Crippen molar-refractivity contribution >= 4 is 0 Å². The standard InChI is InChI=1S/C16H29N/c1-13(2)15-7-6-8-16(11-15)14(3)12-17-9-4-5-10-17/h14-16H,1,4-12H2,2-3H3. The largest absolute Gasteiger partial charge is 0.303 e. The molecule has 98 valence electrons. The Morgan fingerprint density at radius 2 is 1.94 bits per heavy atom. The van der Waals surface area contributed by atoms with Crippen LogP contribution in [0.3, 0.4) is 0 Å². The fourth-order valence-corrected chi connectivity index (χ4v) is 3.71. The van der Waals surface area contributed by atoms with E-state index in [0.29, 0.717) is 0 Å². The molecule has 17 heavy (non-hydrogen) atoms. The number of allylic oxidation sites excluding steroid dienone is 1. The van der Waals surface area contributed by atoms with Crippen molar-refractivity contribution < 1.29 is 0 Å². The van der Waals surface area contributed by atoms with Gasteiger partial charge in [0, 0.05) is 6.54 Å². The van der Waals surface area contributed by atoms with Crippen LogP contribution in [0.4, 0.5) is 0 Å². The number of hydrogen-bond acceptors (Lipinski definition) is 1. The maximum Gasteiger partial charge on any atom is 0.000967 e. The highest BCUT2D eigenvalue weighted by Crippen LogP contribution is 2.37. The van der Waals surface area contributed by atoms with Crippen LogP contribution in [-0.2, 0) is 0 Å². The highest BCUT2D eigenvalue weighted by Gasteiger charge is 2.27. The van der Waals surface area contributed by atoms with Gasteiger partial charge in [-0.3, -0.25) is 0 Å². The SMILES string of the molecule is C=C(C)C1CCCC(C(C)CN2CCCC2)C1. The van der Waals surface area contributed by atoms with Gasteiger partial charge in [-0.1, -0.05) is 31.9 Å². The minimum absolute atomic E-state index is 0.815. The van der Waals surface area contributed by atoms with Crippen LogP contribution in [0.15, 0.2) is 12.2 Å². The third kappa shape index (κ3) is 3.58. The van der Waals surface area contributed by atoms with Gasteiger partial charge in [0.2, 0.25) is 0 Å². The Morgan fingerprint density at radius 3 is 2.59 bits per heavy atom. The summed E-state index contributed by atoms with van der Waals surface area (Å²) in [5.41, 5.74) is 1.42. The Bertz CT molecular complexity index is 252. The molecule has 1 saturated carbocycles. The molecule has 0 N–H and O–H groups in total. The summed E-state index contributed by atoms with van der Waals surface area (Å²) in [6, 6.07) is 0. The summed E-state index contributed by atoms with van der Waals surface area (Å²) >= 11 is 0. The maximum absolute atomic E-state index is 4.17. The Morgan fingerprint density at radius 1 is 1.24 bits per heavy atom. The van der Waals surface area contributed by atoms with Crippen molar-refractivity contribution in [3.8, 4) is 0 Å². The predicted molar refractivity (Wildman–Crippen MR) is 75.1 cm³/mol. The van der Waals surface area contributed by atoms with Gasteiger partial charge < -0.3 is 4.90 Å². The van der Waals surface area contributed by atoms with E-state index in [0.717, 1.165) is 17.8 Å². The molecule has 0 spiro atoms. The van der Waals surface area contributed by atoms with Gasteiger partial charge in [-0.05, 0) is 63.5 Å². The highest BCUT2D eigenvalue weighted by molar-refractivity contribution is 4.99. The fourth-order valence-electron chi connectivity index (χ4n) is 3.71. The number of hydrogen-bond donors (Lipinski definition) is 0. The Kier molecular flexibility index (Phi) is 4.67. The molecule has 2 aliphatic rings. The van der Waals surface area contributed by atoms with Crippen molar-refractivity contribution in [2.75, 3.05) is 19.6 Å². The van der Waals surface area contributed by atoms with Gasteiger partial charge in [0.1, 0.15) is 0 Å². The topological polar surface area (TPSA) is 3.24 Å². The van der Waals surface area contributed by atoms with Crippen LogP contribution in [0.2, 0.25) is 0 Å². The molecule has 0 aromatic carbocycles. The average molecular weight is 235 g/mol. The Hall–Kier alpha value is -0.300. The molecule has 0 bridgehead atoms. The summed E-state index contributed by atoms with van der Waals surface area (Å²) in [5.74, 6) is 2.65. The molecule has 1 aliphatic heterocycles. The van der Waals surface area contributed by atoms with E-state index in [-0.39, 0.29) is 0 Å². The third-order valence-corrected chi connectivity index (χ3v) is 4.96. The van der Waals surface area contributed by atoms with Crippen molar-refractivity contribution in [2.24, 2.45) is 17.8 Å². The van der Waals surface area contributed by atoms with E-state index in [4.69, 9.17) is 0 Å². The van der Waals surface area contributed by atoms with E-state index in [1.807, 2.05) is 0 Å². The lowest BCUT2D eigenvalue weighted by atomic mass is 9.73. The molecule has 1 heteroatoms. The first-order valence-corrected chi connectivity index (χ1v) is 7.54. The van der Waals surface area contributed by atoms with Gasteiger partial charge in [0.15, 0.2) is 0 Å². The van der Waals surface area contributed by atoms with E-state index in [9.17, 15) is 0 Å². The lowest BCUT2D eigenvalue weighted by molar-refractivity contribution is 0.175. The second-order valence-electron chi connectivity index (χ2n) is 6.45. The Labute approximate surface area is 107 Å². The molecule has 2 fully saturated rings. The zero-order chi connectivity index (χ0) is 12.3. The number of rotatable bonds is 4. The lowest BCUT2D eigenvalue weighted by Gasteiger charge is -2.35. The first-order chi connectivity index (χ1) is 8.16. The van der Waals surface area contributed by atoms with Gasteiger partial charge in [-0.25, -0.2) is 0 Å². The third-order valence-electron chi connectivity index (χ3n) is 4.96. The molecule has 2 rings (SSSR count). The first-order valence-electron chi connectivity index (χ1n) is 7.54. The second-order valence-corrected chi connectivity index (χ2v) is 6.45. The van der Waals surface area contributed by atoms with Gasteiger partial charge in [0.05, 0.1) is 0 Å². The molecule has 1 nitrogen and oxygen atoms in total. The minimum atomic E-state index is 0.815. The summed E-state index contributed by atoms with van der Waals surface area (Å²) in [6.07, 6.45) is 8.52. The molecule has 3 atom stereocenters. The average Bonchev–Trinajstić information content (AvgIpc) is 2.82. The monoisotopic (exact) mass is 235 g/mol. The van der Waals surface area contributed by atoms with Crippen LogP contribution in [0, 0.1) is 17.8 Å². The van der Waals surface area contributed by atoms with Crippen molar-refractivity contribution in [1.29, 1.82) is 0 Å². The van der Waals surface area contributed by atoms with Gasteiger partial charge >= 0.3 is 0 Å². The first kappa shape index (κ1) is 13.1. The highest BCUT2D eigenvalue weighted by atomic mass is 15.1. The molecular formula is C16H29N. The summed E-state index contributed by atoms with van der Waals surface area (Å²) in [5, 5.41) is 0. The van der Waals surface area contributed by atoms with Crippen molar-refractivity contribution in [2.45, 2.75) is 52.4 Å². The van der Waals surface area contributed by atoms with E-state index in [1.54, 1.807) is 0 Å². The molecule has 1 saturated heterocycles. The number of nitrogens with zero attached hydrogens (tertiary/aromatic N) is 1. The van der Waals surface area contributed by atoms with Gasteiger partial charge in [-0.15, -0.1) is 0 Å². The summed E-state index contributed by atoms with van der Waals surface area (Å²) in [4.78, 5) is 2.68. The normalized spacial score (nSPS) is 32.6. The zero-order valence-electron chi connectivity index (χ0n) is 11.8. The van der Waals surface area contributed by atoms with Crippen LogP contribution < -0.4 is 0 Å². The molecular weight excluding hydrogens is 206 g/mol.